The topological polar surface area (TPSA) is 29.1 Å². The van der Waals surface area contributed by atoms with Crippen LogP contribution in [0.4, 0.5) is 5.69 Å². The second-order valence-electron chi connectivity index (χ2n) is 6.07. The number of aryl methyl sites for hydroxylation is 2. The van der Waals surface area contributed by atoms with Gasteiger partial charge in [0.05, 0.1) is 0 Å². The van der Waals surface area contributed by atoms with E-state index in [1.807, 2.05) is 12.1 Å². The Kier molecular flexibility index (Phi) is 8.80. The molecule has 0 aliphatic heterocycles. The number of hydrogen-bond donors (Lipinski definition) is 1. The van der Waals surface area contributed by atoms with E-state index >= 15 is 0 Å². The van der Waals surface area contributed by atoms with Crippen molar-refractivity contribution in [2.24, 2.45) is 0 Å². The number of nitrogens with one attached hydrogen (secondary N) is 1. The molecular weight excluding hydrogens is 258 g/mol. The van der Waals surface area contributed by atoms with Gasteiger partial charge < -0.3 is 5.32 Å². The molecule has 118 valence electrons. The van der Waals surface area contributed by atoms with Gasteiger partial charge in [0, 0.05) is 12.1 Å². The van der Waals surface area contributed by atoms with E-state index in [1.54, 1.807) is 0 Å². The van der Waals surface area contributed by atoms with E-state index in [-0.39, 0.29) is 5.91 Å². The number of rotatable bonds is 10. The third kappa shape index (κ3) is 7.89. The minimum Gasteiger partial charge on any atom is -0.326 e. The SMILES string of the molecule is CCCCCCCCCCC(=O)Nc1ccc(C)c(C)c1. The second-order valence-corrected chi connectivity index (χ2v) is 6.07. The first-order chi connectivity index (χ1) is 10.1. The Balaban J connectivity index is 2.10. The number of carbonyl (C=O) groups excluding carboxylic acids is 1. The normalized spacial score (nSPS) is 10.6. The van der Waals surface area contributed by atoms with Crippen molar-refractivity contribution in [3.8, 4) is 0 Å². The van der Waals surface area contributed by atoms with Crippen molar-refractivity contribution in [3.05, 3.63) is 29.3 Å². The van der Waals surface area contributed by atoms with Gasteiger partial charge in [0.25, 0.3) is 0 Å². The summed E-state index contributed by atoms with van der Waals surface area (Å²) < 4.78 is 0. The van der Waals surface area contributed by atoms with E-state index in [1.165, 1.54) is 56.1 Å². The zero-order valence-electron chi connectivity index (χ0n) is 14.0. The molecule has 1 aromatic rings. The van der Waals surface area contributed by atoms with Crippen LogP contribution in [0.3, 0.4) is 0 Å². The molecule has 0 aromatic heterocycles. The van der Waals surface area contributed by atoms with Gasteiger partial charge in [-0.2, -0.15) is 0 Å². The van der Waals surface area contributed by atoms with Gasteiger partial charge in [-0.05, 0) is 43.5 Å². The first-order valence-corrected chi connectivity index (χ1v) is 8.50. The molecule has 0 spiro atoms. The smallest absolute Gasteiger partial charge is 0.224 e. The number of carbonyl (C=O) groups is 1. The lowest BCUT2D eigenvalue weighted by Crippen LogP contribution is -2.11. The molecule has 1 N–H and O–H groups in total. The minimum atomic E-state index is 0.143. The van der Waals surface area contributed by atoms with Crippen molar-refractivity contribution in [2.45, 2.75) is 78.6 Å². The fourth-order valence-electron chi connectivity index (χ4n) is 2.46. The molecule has 0 aliphatic rings. The average molecular weight is 289 g/mol. The van der Waals surface area contributed by atoms with Crippen LogP contribution in [0.2, 0.25) is 0 Å². The van der Waals surface area contributed by atoms with Gasteiger partial charge in [0.15, 0.2) is 0 Å². The molecule has 2 nitrogen and oxygen atoms in total. The summed E-state index contributed by atoms with van der Waals surface area (Å²) in [5.41, 5.74) is 3.40. The number of hydrogen-bond acceptors (Lipinski definition) is 1. The van der Waals surface area contributed by atoms with E-state index in [9.17, 15) is 4.79 Å². The summed E-state index contributed by atoms with van der Waals surface area (Å²) in [6, 6.07) is 6.08. The largest absolute Gasteiger partial charge is 0.326 e. The van der Waals surface area contributed by atoms with Crippen LogP contribution in [0.15, 0.2) is 18.2 Å². The summed E-state index contributed by atoms with van der Waals surface area (Å²) in [6.45, 7) is 6.40. The molecule has 1 amide bonds. The van der Waals surface area contributed by atoms with E-state index in [2.05, 4.69) is 32.2 Å². The number of anilines is 1. The van der Waals surface area contributed by atoms with E-state index in [0.717, 1.165) is 12.1 Å². The van der Waals surface area contributed by atoms with Gasteiger partial charge in [0.2, 0.25) is 5.91 Å². The van der Waals surface area contributed by atoms with Gasteiger partial charge in [-0.25, -0.2) is 0 Å². The van der Waals surface area contributed by atoms with Crippen molar-refractivity contribution < 1.29 is 4.79 Å². The van der Waals surface area contributed by atoms with E-state index in [0.29, 0.717) is 6.42 Å². The standard InChI is InChI=1S/C19H31NO/c1-4-5-6-7-8-9-10-11-12-19(21)20-18-14-13-16(2)17(3)15-18/h13-15H,4-12H2,1-3H3,(H,20,21). The van der Waals surface area contributed by atoms with Crippen molar-refractivity contribution in [2.75, 3.05) is 5.32 Å². The Morgan fingerprint density at radius 2 is 1.52 bits per heavy atom. The summed E-state index contributed by atoms with van der Waals surface area (Å²) >= 11 is 0. The average Bonchev–Trinajstić information content (AvgIpc) is 2.46. The molecule has 1 rings (SSSR count). The van der Waals surface area contributed by atoms with Crippen LogP contribution in [0.5, 0.6) is 0 Å². The molecule has 0 heterocycles. The molecule has 21 heavy (non-hydrogen) atoms. The van der Waals surface area contributed by atoms with Crippen LogP contribution in [0.25, 0.3) is 0 Å². The maximum atomic E-state index is 11.9. The third-order valence-corrected chi connectivity index (χ3v) is 4.05. The zero-order chi connectivity index (χ0) is 15.5. The maximum Gasteiger partial charge on any atom is 0.224 e. The van der Waals surface area contributed by atoms with Crippen molar-refractivity contribution in [1.82, 2.24) is 0 Å². The Hall–Kier alpha value is -1.31. The van der Waals surface area contributed by atoms with Crippen LogP contribution >= 0.6 is 0 Å². The van der Waals surface area contributed by atoms with Crippen LogP contribution in [0.1, 0.15) is 75.8 Å². The quantitative estimate of drug-likeness (QED) is 0.544. The third-order valence-electron chi connectivity index (χ3n) is 4.05. The lowest BCUT2D eigenvalue weighted by molar-refractivity contribution is -0.116. The van der Waals surface area contributed by atoms with Gasteiger partial charge in [-0.1, -0.05) is 57.9 Å². The molecule has 0 radical (unpaired) electrons. The lowest BCUT2D eigenvalue weighted by Gasteiger charge is -2.07. The van der Waals surface area contributed by atoms with Crippen molar-refractivity contribution >= 4 is 11.6 Å². The second kappa shape index (κ2) is 10.4. The van der Waals surface area contributed by atoms with E-state index < -0.39 is 0 Å². The number of amides is 1. The molecule has 1 aromatic carbocycles. The number of benzene rings is 1. The zero-order valence-corrected chi connectivity index (χ0v) is 14.0. The van der Waals surface area contributed by atoms with Crippen molar-refractivity contribution in [3.63, 3.8) is 0 Å². The summed E-state index contributed by atoms with van der Waals surface area (Å²) in [6.07, 6.45) is 10.8. The van der Waals surface area contributed by atoms with Gasteiger partial charge >= 0.3 is 0 Å². The molecular formula is C19H31NO. The molecule has 2 heteroatoms. The highest BCUT2D eigenvalue weighted by Crippen LogP contribution is 2.15. The minimum absolute atomic E-state index is 0.143. The summed E-state index contributed by atoms with van der Waals surface area (Å²) in [5.74, 6) is 0.143. The Morgan fingerprint density at radius 3 is 2.14 bits per heavy atom. The highest BCUT2D eigenvalue weighted by atomic mass is 16.1. The van der Waals surface area contributed by atoms with E-state index in [4.69, 9.17) is 0 Å². The Bertz CT molecular complexity index is 426. The summed E-state index contributed by atoms with van der Waals surface area (Å²) in [7, 11) is 0. The van der Waals surface area contributed by atoms with Crippen LogP contribution in [-0.2, 0) is 4.79 Å². The van der Waals surface area contributed by atoms with Crippen LogP contribution in [-0.4, -0.2) is 5.91 Å². The van der Waals surface area contributed by atoms with Crippen LogP contribution in [0, 0.1) is 13.8 Å². The molecule has 0 saturated carbocycles. The molecule has 0 aliphatic carbocycles. The lowest BCUT2D eigenvalue weighted by atomic mass is 10.1. The number of unbranched alkanes of at least 4 members (excludes halogenated alkanes) is 7. The molecule has 0 atom stereocenters. The predicted molar refractivity (Wildman–Crippen MR) is 91.8 cm³/mol. The summed E-state index contributed by atoms with van der Waals surface area (Å²) in [5, 5.41) is 2.99. The highest BCUT2D eigenvalue weighted by molar-refractivity contribution is 5.90. The van der Waals surface area contributed by atoms with Crippen molar-refractivity contribution in [1.29, 1.82) is 0 Å². The molecule has 0 fully saturated rings. The van der Waals surface area contributed by atoms with Gasteiger partial charge in [-0.3, -0.25) is 4.79 Å². The molecule has 0 bridgehead atoms. The fraction of sp³-hybridized carbons (Fsp3) is 0.632. The predicted octanol–water partition coefficient (Wildman–Crippen LogP) is 5.77. The first-order valence-electron chi connectivity index (χ1n) is 8.50. The van der Waals surface area contributed by atoms with Gasteiger partial charge in [0.1, 0.15) is 0 Å². The highest BCUT2D eigenvalue weighted by Gasteiger charge is 2.03. The Morgan fingerprint density at radius 1 is 0.905 bits per heavy atom. The van der Waals surface area contributed by atoms with Gasteiger partial charge in [-0.15, -0.1) is 0 Å². The monoisotopic (exact) mass is 289 g/mol. The van der Waals surface area contributed by atoms with Crippen LogP contribution < -0.4 is 5.32 Å². The fourth-order valence-corrected chi connectivity index (χ4v) is 2.46. The summed E-state index contributed by atoms with van der Waals surface area (Å²) in [4.78, 5) is 11.9. The molecule has 0 saturated heterocycles. The molecule has 0 unspecified atom stereocenters. The maximum absolute atomic E-state index is 11.9. The Labute approximate surface area is 130 Å². The first kappa shape index (κ1) is 17.7.